The predicted molar refractivity (Wildman–Crippen MR) is 64.4 cm³/mol. The van der Waals surface area contributed by atoms with E-state index < -0.39 is 0 Å². The minimum Gasteiger partial charge on any atom is -0.364 e. The maximum atomic E-state index is 5.30. The molecule has 1 N–H and O–H groups in total. The molecule has 1 aliphatic heterocycles. The third kappa shape index (κ3) is 1.36. The summed E-state index contributed by atoms with van der Waals surface area (Å²) in [5.74, 6) is 0. The van der Waals surface area contributed by atoms with Crippen LogP contribution in [0.25, 0.3) is 10.9 Å². The van der Waals surface area contributed by atoms with Crippen LogP contribution in [-0.4, -0.2) is 18.2 Å². The lowest BCUT2D eigenvalue weighted by Gasteiger charge is -2.16. The summed E-state index contributed by atoms with van der Waals surface area (Å²) in [5.41, 5.74) is 4.17. The van der Waals surface area contributed by atoms with E-state index in [0.29, 0.717) is 6.73 Å². The molecule has 3 heteroatoms. The predicted octanol–water partition coefficient (Wildman–Crippen LogP) is 1.89. The van der Waals surface area contributed by atoms with Gasteiger partial charge in [0.1, 0.15) is 6.73 Å². The van der Waals surface area contributed by atoms with Crippen LogP contribution in [0.4, 0.5) is 0 Å². The van der Waals surface area contributed by atoms with Gasteiger partial charge < -0.3 is 14.6 Å². The van der Waals surface area contributed by atoms with Crippen molar-refractivity contribution in [2.75, 3.05) is 13.7 Å². The summed E-state index contributed by atoms with van der Waals surface area (Å²) < 4.78 is 7.57. The second-order valence-electron chi connectivity index (χ2n) is 4.21. The highest BCUT2D eigenvalue weighted by Gasteiger charge is 2.18. The van der Waals surface area contributed by atoms with Crippen molar-refractivity contribution in [1.82, 2.24) is 9.88 Å². The van der Waals surface area contributed by atoms with Crippen LogP contribution < -0.4 is 5.32 Å². The SMILES string of the molecule is COCn1c2c(c3ccccc31)CCNC2. The molecule has 0 amide bonds. The maximum Gasteiger partial charge on any atom is 0.122 e. The van der Waals surface area contributed by atoms with Crippen LogP contribution in [0.3, 0.4) is 0 Å². The molecule has 0 radical (unpaired) electrons. The van der Waals surface area contributed by atoms with Gasteiger partial charge in [0.15, 0.2) is 0 Å². The Balaban J connectivity index is 2.28. The number of fused-ring (bicyclic) bond motifs is 3. The fourth-order valence-corrected chi connectivity index (χ4v) is 2.61. The van der Waals surface area contributed by atoms with Gasteiger partial charge in [-0.15, -0.1) is 0 Å². The molecule has 3 nitrogen and oxygen atoms in total. The fourth-order valence-electron chi connectivity index (χ4n) is 2.61. The van der Waals surface area contributed by atoms with Gasteiger partial charge in [0.25, 0.3) is 0 Å². The lowest BCUT2D eigenvalue weighted by Crippen LogP contribution is -2.25. The number of para-hydroxylation sites is 1. The lowest BCUT2D eigenvalue weighted by atomic mass is 10.1. The molecule has 0 saturated carbocycles. The first-order valence-electron chi connectivity index (χ1n) is 5.70. The van der Waals surface area contributed by atoms with E-state index in [1.54, 1.807) is 7.11 Å². The quantitative estimate of drug-likeness (QED) is 0.829. The van der Waals surface area contributed by atoms with E-state index in [1.807, 2.05) is 0 Å². The Kier molecular flexibility index (Phi) is 2.42. The number of nitrogens with one attached hydrogen (secondary N) is 1. The van der Waals surface area contributed by atoms with Gasteiger partial charge in [-0.05, 0) is 24.6 Å². The number of ether oxygens (including phenoxy) is 1. The summed E-state index contributed by atoms with van der Waals surface area (Å²) in [7, 11) is 1.75. The number of hydrogen-bond donors (Lipinski definition) is 1. The number of rotatable bonds is 2. The number of hydrogen-bond acceptors (Lipinski definition) is 2. The van der Waals surface area contributed by atoms with Gasteiger partial charge in [-0.25, -0.2) is 0 Å². The summed E-state index contributed by atoms with van der Waals surface area (Å²) in [5, 5.41) is 4.81. The molecule has 1 aromatic carbocycles. The standard InChI is InChI=1S/C13H16N2O/c1-16-9-15-12-5-3-2-4-10(12)11-6-7-14-8-13(11)15/h2-5,14H,6-9H2,1H3. The van der Waals surface area contributed by atoms with Crippen molar-refractivity contribution in [3.63, 3.8) is 0 Å². The van der Waals surface area contributed by atoms with E-state index in [-0.39, 0.29) is 0 Å². The number of nitrogens with zero attached hydrogens (tertiary/aromatic N) is 1. The zero-order valence-corrected chi connectivity index (χ0v) is 9.49. The zero-order chi connectivity index (χ0) is 11.0. The van der Waals surface area contributed by atoms with E-state index in [4.69, 9.17) is 4.74 Å². The third-order valence-corrected chi connectivity index (χ3v) is 3.30. The second-order valence-corrected chi connectivity index (χ2v) is 4.21. The van der Waals surface area contributed by atoms with Crippen molar-refractivity contribution in [2.24, 2.45) is 0 Å². The first-order valence-corrected chi connectivity index (χ1v) is 5.70. The van der Waals surface area contributed by atoms with E-state index in [1.165, 1.54) is 22.2 Å². The summed E-state index contributed by atoms with van der Waals surface area (Å²) >= 11 is 0. The van der Waals surface area contributed by atoms with Gasteiger partial charge in [0, 0.05) is 24.7 Å². The molecule has 1 aliphatic rings. The molecular formula is C13H16N2O. The Labute approximate surface area is 95.0 Å². The first kappa shape index (κ1) is 9.87. The number of methoxy groups -OCH3 is 1. The van der Waals surface area contributed by atoms with E-state index in [9.17, 15) is 0 Å². The van der Waals surface area contributed by atoms with Gasteiger partial charge in [0.05, 0.1) is 5.52 Å². The maximum absolute atomic E-state index is 5.30. The van der Waals surface area contributed by atoms with Crippen LogP contribution in [0.15, 0.2) is 24.3 Å². The highest BCUT2D eigenvalue weighted by molar-refractivity contribution is 5.85. The molecule has 0 fully saturated rings. The van der Waals surface area contributed by atoms with Gasteiger partial charge in [-0.2, -0.15) is 0 Å². The monoisotopic (exact) mass is 216 g/mol. The second kappa shape index (κ2) is 3.92. The molecule has 16 heavy (non-hydrogen) atoms. The number of benzene rings is 1. The van der Waals surface area contributed by atoms with Crippen LogP contribution in [0, 0.1) is 0 Å². The summed E-state index contributed by atoms with van der Waals surface area (Å²) in [4.78, 5) is 0. The van der Waals surface area contributed by atoms with Crippen molar-refractivity contribution < 1.29 is 4.74 Å². The molecule has 1 aromatic heterocycles. The van der Waals surface area contributed by atoms with Crippen molar-refractivity contribution >= 4 is 10.9 Å². The van der Waals surface area contributed by atoms with Crippen LogP contribution in [0.1, 0.15) is 11.3 Å². The Morgan fingerprint density at radius 3 is 3.12 bits per heavy atom. The van der Waals surface area contributed by atoms with E-state index in [0.717, 1.165) is 19.5 Å². The molecular weight excluding hydrogens is 200 g/mol. The molecule has 84 valence electrons. The molecule has 0 bridgehead atoms. The largest absolute Gasteiger partial charge is 0.364 e. The molecule has 0 atom stereocenters. The van der Waals surface area contributed by atoms with Gasteiger partial charge in [-0.3, -0.25) is 0 Å². The minimum atomic E-state index is 0.636. The van der Waals surface area contributed by atoms with Crippen molar-refractivity contribution in [3.05, 3.63) is 35.5 Å². The van der Waals surface area contributed by atoms with Gasteiger partial charge in [0.2, 0.25) is 0 Å². The van der Waals surface area contributed by atoms with Crippen LogP contribution >= 0.6 is 0 Å². The molecule has 0 aliphatic carbocycles. The van der Waals surface area contributed by atoms with Crippen molar-refractivity contribution in [3.8, 4) is 0 Å². The molecule has 0 saturated heterocycles. The Morgan fingerprint density at radius 1 is 1.38 bits per heavy atom. The molecule has 0 spiro atoms. The highest BCUT2D eigenvalue weighted by atomic mass is 16.5. The first-order chi connectivity index (χ1) is 7.92. The minimum absolute atomic E-state index is 0.636. The van der Waals surface area contributed by atoms with Crippen LogP contribution in [0.2, 0.25) is 0 Å². The summed E-state index contributed by atoms with van der Waals surface area (Å²) in [6, 6.07) is 8.59. The average molecular weight is 216 g/mol. The Morgan fingerprint density at radius 2 is 2.25 bits per heavy atom. The lowest BCUT2D eigenvalue weighted by molar-refractivity contribution is 0.132. The summed E-state index contributed by atoms with van der Waals surface area (Å²) in [6.45, 7) is 2.67. The third-order valence-electron chi connectivity index (χ3n) is 3.30. The highest BCUT2D eigenvalue weighted by Crippen LogP contribution is 2.28. The van der Waals surface area contributed by atoms with Gasteiger partial charge in [-0.1, -0.05) is 18.2 Å². The molecule has 0 unspecified atom stereocenters. The Bertz CT molecular complexity index is 516. The van der Waals surface area contributed by atoms with Gasteiger partial charge >= 0.3 is 0 Å². The number of aromatic nitrogens is 1. The fraction of sp³-hybridized carbons (Fsp3) is 0.385. The topological polar surface area (TPSA) is 26.2 Å². The summed E-state index contributed by atoms with van der Waals surface area (Å²) in [6.07, 6.45) is 1.12. The zero-order valence-electron chi connectivity index (χ0n) is 9.49. The normalized spacial score (nSPS) is 15.3. The van der Waals surface area contributed by atoms with Crippen LogP contribution in [0.5, 0.6) is 0 Å². The van der Waals surface area contributed by atoms with E-state index in [2.05, 4.69) is 34.1 Å². The smallest absolute Gasteiger partial charge is 0.122 e. The van der Waals surface area contributed by atoms with Crippen molar-refractivity contribution in [2.45, 2.75) is 19.7 Å². The Hall–Kier alpha value is -1.32. The molecule has 2 aromatic rings. The van der Waals surface area contributed by atoms with E-state index >= 15 is 0 Å². The molecule has 2 heterocycles. The van der Waals surface area contributed by atoms with Crippen LogP contribution in [-0.2, 0) is 24.4 Å². The van der Waals surface area contributed by atoms with Crippen molar-refractivity contribution in [1.29, 1.82) is 0 Å². The molecule has 3 rings (SSSR count). The average Bonchev–Trinajstić information content (AvgIpc) is 2.66.